The van der Waals surface area contributed by atoms with Gasteiger partial charge in [-0.1, -0.05) is 18.2 Å². The number of carbonyl (C=O) groups excluding carboxylic acids is 1. The van der Waals surface area contributed by atoms with Crippen LogP contribution in [0.15, 0.2) is 30.3 Å². The zero-order valence-electron chi connectivity index (χ0n) is 8.82. The molecule has 4 nitrogen and oxygen atoms in total. The van der Waals surface area contributed by atoms with E-state index in [0.29, 0.717) is 6.61 Å². The number of para-hydroxylation sites is 1. The summed E-state index contributed by atoms with van der Waals surface area (Å²) >= 11 is 0. The zero-order valence-corrected chi connectivity index (χ0v) is 8.82. The summed E-state index contributed by atoms with van der Waals surface area (Å²) in [7, 11) is 1.84. The molecule has 4 heteroatoms. The Hall–Kier alpha value is -1.39. The lowest BCUT2D eigenvalue weighted by molar-refractivity contribution is -0.120. The number of carbonyl (C=O) groups is 1. The fourth-order valence-corrected chi connectivity index (χ4v) is 1.06. The molecule has 2 N–H and O–H groups in total. The molecule has 82 valence electrons. The van der Waals surface area contributed by atoms with Gasteiger partial charge in [0.05, 0.1) is 6.61 Å². The summed E-state index contributed by atoms with van der Waals surface area (Å²) in [6.07, 6.45) is 0. The third-order valence-corrected chi connectivity index (χ3v) is 1.79. The second kappa shape index (κ2) is 6.98. The van der Waals surface area contributed by atoms with Crippen LogP contribution in [0.25, 0.3) is 0 Å². The molecule has 0 spiro atoms. The Morgan fingerprint density at radius 2 is 2.07 bits per heavy atom. The van der Waals surface area contributed by atoms with Crippen LogP contribution in [0.3, 0.4) is 0 Å². The maximum atomic E-state index is 11.3. The first kappa shape index (κ1) is 11.7. The highest BCUT2D eigenvalue weighted by Gasteiger charge is 2.00. The lowest BCUT2D eigenvalue weighted by Gasteiger charge is -2.05. The number of benzene rings is 1. The molecule has 0 radical (unpaired) electrons. The molecular formula is C11H16N2O2. The van der Waals surface area contributed by atoms with E-state index >= 15 is 0 Å². The van der Waals surface area contributed by atoms with Crippen LogP contribution in [0.5, 0.6) is 0 Å². The highest BCUT2D eigenvalue weighted by Crippen LogP contribution is 2.04. The van der Waals surface area contributed by atoms with E-state index in [4.69, 9.17) is 4.74 Å². The van der Waals surface area contributed by atoms with Crippen LogP contribution in [0.2, 0.25) is 0 Å². The summed E-state index contributed by atoms with van der Waals surface area (Å²) in [6, 6.07) is 9.32. The summed E-state index contributed by atoms with van der Waals surface area (Å²) in [5, 5.41) is 5.67. The highest BCUT2D eigenvalue weighted by molar-refractivity contribution is 5.91. The minimum absolute atomic E-state index is 0.0938. The normalized spacial score (nSPS) is 9.93. The topological polar surface area (TPSA) is 50.4 Å². The molecule has 0 saturated carbocycles. The Bertz CT molecular complexity index is 288. The smallest absolute Gasteiger partial charge is 0.250 e. The number of hydrogen-bond acceptors (Lipinski definition) is 3. The molecule has 0 unspecified atom stereocenters. The van der Waals surface area contributed by atoms with Crippen molar-refractivity contribution in [1.29, 1.82) is 0 Å². The lowest BCUT2D eigenvalue weighted by Crippen LogP contribution is -2.21. The molecule has 1 rings (SSSR count). The highest BCUT2D eigenvalue weighted by atomic mass is 16.5. The van der Waals surface area contributed by atoms with Crippen LogP contribution in [0.1, 0.15) is 0 Å². The van der Waals surface area contributed by atoms with Gasteiger partial charge in [0.1, 0.15) is 6.61 Å². The van der Waals surface area contributed by atoms with Crippen LogP contribution >= 0.6 is 0 Å². The Morgan fingerprint density at radius 3 is 2.73 bits per heavy atom. The molecule has 1 aromatic carbocycles. The summed E-state index contributed by atoms with van der Waals surface area (Å²) in [5.74, 6) is -0.127. The van der Waals surface area contributed by atoms with E-state index in [-0.39, 0.29) is 12.5 Å². The summed E-state index contributed by atoms with van der Waals surface area (Å²) in [6.45, 7) is 1.38. The van der Waals surface area contributed by atoms with Crippen molar-refractivity contribution in [2.24, 2.45) is 0 Å². The molecule has 1 amide bonds. The molecule has 0 bridgehead atoms. The number of rotatable bonds is 6. The minimum atomic E-state index is -0.127. The summed E-state index contributed by atoms with van der Waals surface area (Å²) in [4.78, 5) is 11.3. The van der Waals surface area contributed by atoms with E-state index in [1.807, 2.05) is 37.4 Å². The Balaban J connectivity index is 2.19. The number of anilines is 1. The van der Waals surface area contributed by atoms with Crippen molar-refractivity contribution < 1.29 is 9.53 Å². The molecule has 0 saturated heterocycles. The van der Waals surface area contributed by atoms with Gasteiger partial charge in [-0.25, -0.2) is 0 Å². The molecule has 0 aromatic heterocycles. The molecule has 1 aromatic rings. The average Bonchev–Trinajstić information content (AvgIpc) is 2.26. The second-order valence-electron chi connectivity index (χ2n) is 3.07. The second-order valence-corrected chi connectivity index (χ2v) is 3.07. The first-order chi connectivity index (χ1) is 7.33. The quantitative estimate of drug-likeness (QED) is 0.682. The largest absolute Gasteiger partial charge is 0.370 e. The number of nitrogens with one attached hydrogen (secondary N) is 2. The van der Waals surface area contributed by atoms with Gasteiger partial charge >= 0.3 is 0 Å². The third-order valence-electron chi connectivity index (χ3n) is 1.79. The van der Waals surface area contributed by atoms with E-state index in [2.05, 4.69) is 10.6 Å². The minimum Gasteiger partial charge on any atom is -0.370 e. The van der Waals surface area contributed by atoms with Crippen LogP contribution in [0.4, 0.5) is 5.69 Å². The zero-order chi connectivity index (χ0) is 10.9. The van der Waals surface area contributed by atoms with Crippen molar-refractivity contribution in [2.45, 2.75) is 0 Å². The van der Waals surface area contributed by atoms with Gasteiger partial charge in [-0.2, -0.15) is 0 Å². The van der Waals surface area contributed by atoms with Crippen molar-refractivity contribution in [1.82, 2.24) is 5.32 Å². The van der Waals surface area contributed by atoms with Gasteiger partial charge in [-0.05, 0) is 19.2 Å². The van der Waals surface area contributed by atoms with Gasteiger partial charge in [-0.3, -0.25) is 4.79 Å². The summed E-state index contributed by atoms with van der Waals surface area (Å²) < 4.78 is 5.13. The van der Waals surface area contributed by atoms with Crippen molar-refractivity contribution in [2.75, 3.05) is 32.1 Å². The fourth-order valence-electron chi connectivity index (χ4n) is 1.06. The predicted octanol–water partition coefficient (Wildman–Crippen LogP) is 0.861. The number of likely N-dealkylation sites (N-methyl/N-ethyl adjacent to an activating group) is 1. The van der Waals surface area contributed by atoms with Gasteiger partial charge < -0.3 is 15.4 Å². The number of hydrogen-bond donors (Lipinski definition) is 2. The monoisotopic (exact) mass is 208 g/mol. The third kappa shape index (κ3) is 5.15. The lowest BCUT2D eigenvalue weighted by atomic mass is 10.3. The Kier molecular flexibility index (Phi) is 5.43. The molecule has 0 aliphatic carbocycles. The maximum absolute atomic E-state index is 11.3. The van der Waals surface area contributed by atoms with Crippen molar-refractivity contribution in [3.8, 4) is 0 Å². The van der Waals surface area contributed by atoms with Crippen LogP contribution < -0.4 is 10.6 Å². The van der Waals surface area contributed by atoms with Gasteiger partial charge in [0.2, 0.25) is 5.91 Å². The predicted molar refractivity (Wildman–Crippen MR) is 59.8 cm³/mol. The Morgan fingerprint density at radius 1 is 1.33 bits per heavy atom. The molecule has 0 aliphatic rings. The van der Waals surface area contributed by atoms with Crippen molar-refractivity contribution in [3.63, 3.8) is 0 Å². The molecule has 0 atom stereocenters. The van der Waals surface area contributed by atoms with Crippen LogP contribution in [0, 0.1) is 0 Å². The maximum Gasteiger partial charge on any atom is 0.250 e. The molecule has 0 aliphatic heterocycles. The fraction of sp³-hybridized carbons (Fsp3) is 0.364. The van der Waals surface area contributed by atoms with Crippen molar-refractivity contribution in [3.05, 3.63) is 30.3 Å². The van der Waals surface area contributed by atoms with Crippen molar-refractivity contribution >= 4 is 11.6 Å². The Labute approximate surface area is 89.6 Å². The van der Waals surface area contributed by atoms with E-state index in [0.717, 1.165) is 12.2 Å². The number of amides is 1. The molecular weight excluding hydrogens is 192 g/mol. The first-order valence-corrected chi connectivity index (χ1v) is 4.90. The van der Waals surface area contributed by atoms with Gasteiger partial charge in [-0.15, -0.1) is 0 Å². The van der Waals surface area contributed by atoms with E-state index < -0.39 is 0 Å². The van der Waals surface area contributed by atoms with E-state index in [1.165, 1.54) is 0 Å². The molecule has 0 heterocycles. The molecule has 15 heavy (non-hydrogen) atoms. The average molecular weight is 208 g/mol. The van der Waals surface area contributed by atoms with Gasteiger partial charge in [0, 0.05) is 12.2 Å². The SMILES string of the molecule is CNCCOCC(=O)Nc1ccccc1. The van der Waals surface area contributed by atoms with E-state index in [1.54, 1.807) is 0 Å². The number of ether oxygens (including phenoxy) is 1. The standard InChI is InChI=1S/C11H16N2O2/c1-12-7-8-15-9-11(14)13-10-5-3-2-4-6-10/h2-6,12H,7-9H2,1H3,(H,13,14). The first-order valence-electron chi connectivity index (χ1n) is 4.90. The van der Waals surface area contributed by atoms with Gasteiger partial charge in [0.15, 0.2) is 0 Å². The van der Waals surface area contributed by atoms with Crippen LogP contribution in [-0.4, -0.2) is 32.7 Å². The molecule has 0 fully saturated rings. The van der Waals surface area contributed by atoms with Crippen LogP contribution in [-0.2, 0) is 9.53 Å². The van der Waals surface area contributed by atoms with E-state index in [9.17, 15) is 4.79 Å². The van der Waals surface area contributed by atoms with Gasteiger partial charge in [0.25, 0.3) is 0 Å². The summed E-state index contributed by atoms with van der Waals surface area (Å²) in [5.41, 5.74) is 0.791.